The quantitative estimate of drug-likeness (QED) is 0.388. The van der Waals surface area contributed by atoms with Crippen molar-refractivity contribution in [3.05, 3.63) is 17.0 Å². The molecular formula is C11H7BN2S. The predicted molar refractivity (Wildman–Crippen MR) is 67.2 cm³/mol. The SMILES string of the molecule is Bc1c#cc2sc(C)c(/N=C\C#C)c2n1. The van der Waals surface area contributed by atoms with E-state index in [9.17, 15) is 0 Å². The van der Waals surface area contributed by atoms with Gasteiger partial charge in [-0.05, 0) is 13.0 Å². The van der Waals surface area contributed by atoms with Crippen molar-refractivity contribution in [1.82, 2.24) is 4.98 Å². The molecule has 2 rings (SSSR count). The molecule has 0 aliphatic rings. The summed E-state index contributed by atoms with van der Waals surface area (Å²) in [6, 6.07) is 6.02. The van der Waals surface area contributed by atoms with Crippen LogP contribution in [0.1, 0.15) is 4.88 Å². The summed E-state index contributed by atoms with van der Waals surface area (Å²) >= 11 is 1.61. The van der Waals surface area contributed by atoms with Crippen LogP contribution in [0, 0.1) is 31.4 Å². The van der Waals surface area contributed by atoms with Crippen molar-refractivity contribution in [2.75, 3.05) is 0 Å². The number of aryl methyl sites for hydroxylation is 1. The van der Waals surface area contributed by atoms with Crippen LogP contribution in [0.4, 0.5) is 5.69 Å². The maximum atomic E-state index is 5.14. The van der Waals surface area contributed by atoms with E-state index in [1.54, 1.807) is 11.3 Å². The second-order valence-corrected chi connectivity index (χ2v) is 4.28. The minimum Gasteiger partial charge on any atom is -0.251 e. The Hall–Kier alpha value is -1.78. The van der Waals surface area contributed by atoms with E-state index in [1.165, 1.54) is 6.21 Å². The molecule has 0 atom stereocenters. The summed E-state index contributed by atoms with van der Waals surface area (Å²) in [5, 5.41) is 0. The molecule has 2 aromatic rings. The lowest BCUT2D eigenvalue weighted by Gasteiger charge is -1.90. The summed E-state index contributed by atoms with van der Waals surface area (Å²) in [5.41, 5.74) is 2.53. The summed E-state index contributed by atoms with van der Waals surface area (Å²) in [6.07, 6.45) is 6.59. The molecular weight excluding hydrogens is 203 g/mol. The van der Waals surface area contributed by atoms with Gasteiger partial charge in [0.25, 0.3) is 0 Å². The highest BCUT2D eigenvalue weighted by molar-refractivity contribution is 7.19. The molecule has 0 aliphatic heterocycles. The first-order chi connectivity index (χ1) is 7.22. The standard InChI is InChI=1S/C11H7BN2S/c1-3-6-13-10-7(2)15-8-4-5-9(12)14-11(8)10/h1,6H,12H2,2H3/b13-6-. The van der Waals surface area contributed by atoms with Crippen molar-refractivity contribution in [2.45, 2.75) is 6.92 Å². The van der Waals surface area contributed by atoms with Gasteiger partial charge in [-0.1, -0.05) is 12.0 Å². The number of hydrogen-bond donors (Lipinski definition) is 0. The van der Waals surface area contributed by atoms with Gasteiger partial charge < -0.3 is 0 Å². The Morgan fingerprint density at radius 2 is 2.40 bits per heavy atom. The van der Waals surface area contributed by atoms with Crippen LogP contribution >= 0.6 is 11.3 Å². The first-order valence-electron chi connectivity index (χ1n) is 4.41. The molecule has 0 aromatic carbocycles. The van der Waals surface area contributed by atoms with E-state index in [1.807, 2.05) is 14.8 Å². The molecule has 15 heavy (non-hydrogen) atoms. The largest absolute Gasteiger partial charge is 0.251 e. The fourth-order valence-corrected chi connectivity index (χ4v) is 2.20. The van der Waals surface area contributed by atoms with E-state index in [2.05, 4.69) is 28.0 Å². The minimum absolute atomic E-state index is 0.817. The number of nitrogens with zero attached hydrogens (tertiary/aromatic N) is 2. The second-order valence-electron chi connectivity index (χ2n) is 3.06. The lowest BCUT2D eigenvalue weighted by Crippen LogP contribution is -2.04. The Labute approximate surface area is 93.5 Å². The summed E-state index contributed by atoms with van der Waals surface area (Å²) in [6.45, 7) is 2.00. The van der Waals surface area contributed by atoms with Crippen molar-refractivity contribution >= 4 is 46.9 Å². The first-order valence-corrected chi connectivity index (χ1v) is 5.23. The van der Waals surface area contributed by atoms with Gasteiger partial charge in [-0.2, -0.15) is 0 Å². The number of aromatic nitrogens is 1. The van der Waals surface area contributed by atoms with Gasteiger partial charge in [0.05, 0.1) is 6.21 Å². The van der Waals surface area contributed by atoms with Gasteiger partial charge in [-0.15, -0.1) is 17.8 Å². The number of hydrogen-bond acceptors (Lipinski definition) is 3. The van der Waals surface area contributed by atoms with Crippen LogP contribution in [0.5, 0.6) is 0 Å². The van der Waals surface area contributed by atoms with Gasteiger partial charge in [-0.3, -0.25) is 4.98 Å². The molecule has 2 heterocycles. The molecule has 0 N–H and O–H groups in total. The van der Waals surface area contributed by atoms with Crippen LogP contribution in [0.3, 0.4) is 0 Å². The molecule has 70 valence electrons. The zero-order valence-electron chi connectivity index (χ0n) is 8.46. The zero-order chi connectivity index (χ0) is 10.8. The minimum atomic E-state index is 0.817. The number of fused-ring (bicyclic) bond motifs is 1. The molecule has 0 fully saturated rings. The van der Waals surface area contributed by atoms with Crippen LogP contribution < -0.4 is 5.59 Å². The summed E-state index contributed by atoms with van der Waals surface area (Å²) < 4.78 is 0.974. The van der Waals surface area contributed by atoms with E-state index >= 15 is 0 Å². The monoisotopic (exact) mass is 210 g/mol. The lowest BCUT2D eigenvalue weighted by atomic mass is 10.1. The fourth-order valence-electron chi connectivity index (χ4n) is 1.31. The number of terminal acetylenes is 1. The van der Waals surface area contributed by atoms with E-state index in [0.29, 0.717) is 0 Å². The maximum absolute atomic E-state index is 5.14. The van der Waals surface area contributed by atoms with E-state index in [4.69, 9.17) is 6.42 Å². The van der Waals surface area contributed by atoms with E-state index in [0.717, 1.165) is 26.4 Å². The zero-order valence-corrected chi connectivity index (χ0v) is 9.27. The maximum Gasteiger partial charge on any atom is 0.175 e. The Morgan fingerprint density at radius 3 is 3.13 bits per heavy atom. The molecule has 4 heteroatoms. The third-order valence-corrected chi connectivity index (χ3v) is 2.93. The third kappa shape index (κ3) is 1.72. The highest BCUT2D eigenvalue weighted by atomic mass is 32.1. The average molecular weight is 210 g/mol. The summed E-state index contributed by atoms with van der Waals surface area (Å²) in [5.74, 6) is 2.38. The topological polar surface area (TPSA) is 25.2 Å². The van der Waals surface area contributed by atoms with E-state index in [-0.39, 0.29) is 0 Å². The predicted octanol–water partition coefficient (Wildman–Crippen LogP) is 0.799. The first kappa shape index (κ1) is 9.77. The molecule has 0 saturated carbocycles. The van der Waals surface area contributed by atoms with Crippen LogP contribution in [0.25, 0.3) is 10.2 Å². The number of rotatable bonds is 1. The molecule has 2 aromatic heterocycles. The van der Waals surface area contributed by atoms with Crippen LogP contribution in [-0.4, -0.2) is 19.0 Å². The average Bonchev–Trinajstić information content (AvgIpc) is 2.51. The Morgan fingerprint density at radius 1 is 1.60 bits per heavy atom. The Kier molecular flexibility index (Phi) is 2.45. The molecule has 2 nitrogen and oxygen atoms in total. The molecule has 0 aliphatic carbocycles. The van der Waals surface area contributed by atoms with Gasteiger partial charge in [0.2, 0.25) is 0 Å². The van der Waals surface area contributed by atoms with E-state index < -0.39 is 0 Å². The molecule has 0 saturated heterocycles. The molecule has 0 amide bonds. The molecule has 0 unspecified atom stereocenters. The highest BCUT2D eigenvalue weighted by Gasteiger charge is 2.08. The fraction of sp³-hybridized carbons (Fsp3) is 0.0909. The van der Waals surface area contributed by atoms with Gasteiger partial charge in [0, 0.05) is 10.5 Å². The summed E-state index contributed by atoms with van der Waals surface area (Å²) in [7, 11) is 1.89. The van der Waals surface area contributed by atoms with Gasteiger partial charge >= 0.3 is 0 Å². The van der Waals surface area contributed by atoms with Gasteiger partial charge in [0.1, 0.15) is 15.9 Å². The smallest absolute Gasteiger partial charge is 0.175 e. The van der Waals surface area contributed by atoms with Crippen molar-refractivity contribution < 1.29 is 0 Å². The number of thiophene rings is 1. The van der Waals surface area contributed by atoms with Crippen LogP contribution in [-0.2, 0) is 0 Å². The van der Waals surface area contributed by atoms with Gasteiger partial charge in [0.15, 0.2) is 7.85 Å². The lowest BCUT2D eigenvalue weighted by molar-refractivity contribution is 1.45. The van der Waals surface area contributed by atoms with Crippen molar-refractivity contribution in [3.63, 3.8) is 0 Å². The van der Waals surface area contributed by atoms with Crippen LogP contribution in [0.2, 0.25) is 0 Å². The third-order valence-electron chi connectivity index (χ3n) is 1.93. The summed E-state index contributed by atoms with van der Waals surface area (Å²) in [4.78, 5) is 9.69. The molecule has 0 radical (unpaired) electrons. The Balaban J connectivity index is 2.72. The van der Waals surface area contributed by atoms with Crippen molar-refractivity contribution in [1.29, 1.82) is 0 Å². The normalized spacial score (nSPS) is 10.4. The van der Waals surface area contributed by atoms with Crippen molar-refractivity contribution in [3.8, 4) is 12.3 Å². The molecule has 0 bridgehead atoms. The second kappa shape index (κ2) is 3.77. The number of aliphatic imine (C=N–C) groups is 1. The van der Waals surface area contributed by atoms with Gasteiger partial charge in [-0.25, -0.2) is 4.99 Å². The highest BCUT2D eigenvalue weighted by Crippen LogP contribution is 2.34. The van der Waals surface area contributed by atoms with Crippen LogP contribution in [0.15, 0.2) is 4.99 Å². The van der Waals surface area contributed by atoms with Crippen molar-refractivity contribution in [2.24, 2.45) is 4.99 Å². The Bertz CT molecular complexity index is 578. The molecule has 0 spiro atoms.